The first-order chi connectivity index (χ1) is 15.9. The van der Waals surface area contributed by atoms with Gasteiger partial charge in [0.2, 0.25) is 0 Å². The van der Waals surface area contributed by atoms with E-state index in [-0.39, 0.29) is 33.4 Å². The van der Waals surface area contributed by atoms with Crippen LogP contribution in [0.2, 0.25) is 0 Å². The number of anilines is 3. The summed E-state index contributed by atoms with van der Waals surface area (Å²) in [6.07, 6.45) is 0. The zero-order chi connectivity index (χ0) is 23.5. The molecule has 0 unspecified atom stereocenters. The summed E-state index contributed by atoms with van der Waals surface area (Å²) in [6.45, 7) is 0. The topological polar surface area (TPSA) is 108 Å². The highest BCUT2D eigenvalue weighted by atomic mass is 35.5. The number of halogens is 1. The number of hydrogen-bond donors (Lipinski definition) is 3. The van der Waals surface area contributed by atoms with Crippen molar-refractivity contribution in [2.45, 2.75) is 0 Å². The van der Waals surface area contributed by atoms with E-state index in [2.05, 4.69) is 10.6 Å². The van der Waals surface area contributed by atoms with Crippen molar-refractivity contribution in [2.75, 3.05) is 22.6 Å². The van der Waals surface area contributed by atoms with Gasteiger partial charge in [0.25, 0.3) is 17.7 Å². The van der Waals surface area contributed by atoms with Gasteiger partial charge in [-0.25, -0.2) is 4.90 Å². The molecule has 0 saturated heterocycles. The largest absolute Gasteiger partial charge is 0.506 e. The molecule has 3 aromatic carbocycles. The third kappa shape index (κ3) is 4.24. The second kappa shape index (κ2) is 9.05. The number of nitrogens with one attached hydrogen (secondary N) is 2. The maximum absolute atomic E-state index is 13.0. The maximum Gasteiger partial charge on any atom is 0.283 e. The first kappa shape index (κ1) is 21.9. The van der Waals surface area contributed by atoms with E-state index in [1.165, 1.54) is 19.2 Å². The molecule has 0 aliphatic carbocycles. The lowest BCUT2D eigenvalue weighted by molar-refractivity contribution is -0.120. The van der Waals surface area contributed by atoms with Crippen LogP contribution in [0.15, 0.2) is 83.5 Å². The Labute approximate surface area is 194 Å². The fourth-order valence-electron chi connectivity index (χ4n) is 3.30. The number of nitrogens with zero attached hydrogens (tertiary/aromatic N) is 1. The monoisotopic (exact) mass is 463 g/mol. The summed E-state index contributed by atoms with van der Waals surface area (Å²) < 4.78 is 5.25. The van der Waals surface area contributed by atoms with E-state index in [9.17, 15) is 19.5 Å². The summed E-state index contributed by atoms with van der Waals surface area (Å²) >= 11 is 6.20. The van der Waals surface area contributed by atoms with Crippen molar-refractivity contribution >= 4 is 46.4 Å². The first-order valence-electron chi connectivity index (χ1n) is 9.78. The highest BCUT2D eigenvalue weighted by Gasteiger charge is 2.40. The van der Waals surface area contributed by atoms with Crippen molar-refractivity contribution in [3.8, 4) is 11.5 Å². The Kier molecular flexibility index (Phi) is 6.01. The smallest absolute Gasteiger partial charge is 0.283 e. The molecule has 0 bridgehead atoms. The Bertz CT molecular complexity index is 1300. The predicted molar refractivity (Wildman–Crippen MR) is 124 cm³/mol. The Hall–Kier alpha value is -4.30. The third-order valence-electron chi connectivity index (χ3n) is 4.90. The van der Waals surface area contributed by atoms with Gasteiger partial charge in [0.15, 0.2) is 0 Å². The molecule has 0 aromatic heterocycles. The van der Waals surface area contributed by atoms with Gasteiger partial charge in [-0.05, 0) is 42.5 Å². The van der Waals surface area contributed by atoms with Crippen LogP contribution < -0.4 is 20.3 Å². The summed E-state index contributed by atoms with van der Waals surface area (Å²) in [6, 6.07) is 19.2. The van der Waals surface area contributed by atoms with E-state index in [0.717, 1.165) is 4.90 Å². The molecule has 0 spiro atoms. The van der Waals surface area contributed by atoms with Crippen LogP contribution in [0.3, 0.4) is 0 Å². The molecule has 0 radical (unpaired) electrons. The van der Waals surface area contributed by atoms with Crippen molar-refractivity contribution in [1.82, 2.24) is 0 Å². The Balaban J connectivity index is 1.57. The molecule has 0 fully saturated rings. The van der Waals surface area contributed by atoms with Gasteiger partial charge in [-0.15, -0.1) is 0 Å². The molecular weight excluding hydrogens is 446 g/mol. The molecule has 1 aliphatic heterocycles. The highest BCUT2D eigenvalue weighted by Crippen LogP contribution is 2.35. The van der Waals surface area contributed by atoms with Crippen molar-refractivity contribution < 1.29 is 24.2 Å². The van der Waals surface area contributed by atoms with Gasteiger partial charge < -0.3 is 20.5 Å². The minimum atomic E-state index is -0.692. The van der Waals surface area contributed by atoms with Gasteiger partial charge in [0.1, 0.15) is 22.2 Å². The molecule has 3 aromatic rings. The normalized spacial score (nSPS) is 13.3. The van der Waals surface area contributed by atoms with Gasteiger partial charge in [0, 0.05) is 11.3 Å². The molecule has 3 N–H and O–H groups in total. The zero-order valence-corrected chi connectivity index (χ0v) is 18.1. The summed E-state index contributed by atoms with van der Waals surface area (Å²) in [5, 5.41) is 15.0. The SMILES string of the molecule is COc1ccccc1N1C(=O)C(Cl)=C(Nc2cccc(C(=O)Nc3ccccc3O)c2)C1=O. The number of rotatable bonds is 6. The Morgan fingerprint density at radius 1 is 0.970 bits per heavy atom. The van der Waals surface area contributed by atoms with Gasteiger partial charge in [-0.3, -0.25) is 14.4 Å². The van der Waals surface area contributed by atoms with Crippen molar-refractivity contribution in [3.63, 3.8) is 0 Å². The summed E-state index contributed by atoms with van der Waals surface area (Å²) in [5.74, 6) is -1.54. The van der Waals surface area contributed by atoms with Crippen molar-refractivity contribution in [2.24, 2.45) is 0 Å². The average molecular weight is 464 g/mol. The van der Waals surface area contributed by atoms with Crippen LogP contribution in [0.4, 0.5) is 17.1 Å². The summed E-state index contributed by atoms with van der Waals surface area (Å²) in [5.41, 5.74) is 1.04. The van der Waals surface area contributed by atoms with E-state index >= 15 is 0 Å². The maximum atomic E-state index is 13.0. The van der Waals surface area contributed by atoms with Crippen LogP contribution in [0.5, 0.6) is 11.5 Å². The van der Waals surface area contributed by atoms with Crippen LogP contribution in [0.25, 0.3) is 0 Å². The number of para-hydroxylation sites is 4. The minimum absolute atomic E-state index is 0.0661. The number of methoxy groups -OCH3 is 1. The second-order valence-corrected chi connectivity index (χ2v) is 7.36. The molecule has 4 rings (SSSR count). The molecule has 0 atom stereocenters. The number of aromatic hydroxyl groups is 1. The summed E-state index contributed by atoms with van der Waals surface area (Å²) in [4.78, 5) is 39.3. The molecule has 166 valence electrons. The van der Waals surface area contributed by atoms with Crippen LogP contribution in [-0.2, 0) is 9.59 Å². The quantitative estimate of drug-likeness (QED) is 0.375. The van der Waals surface area contributed by atoms with Gasteiger partial charge in [0.05, 0.1) is 18.5 Å². The minimum Gasteiger partial charge on any atom is -0.506 e. The lowest BCUT2D eigenvalue weighted by Gasteiger charge is -2.18. The molecule has 0 saturated carbocycles. The van der Waals surface area contributed by atoms with Gasteiger partial charge in [-0.1, -0.05) is 41.9 Å². The zero-order valence-electron chi connectivity index (χ0n) is 17.3. The lowest BCUT2D eigenvalue weighted by atomic mass is 10.1. The van der Waals surface area contributed by atoms with Gasteiger partial charge >= 0.3 is 0 Å². The number of phenols is 1. The van der Waals surface area contributed by atoms with Crippen molar-refractivity contribution in [3.05, 3.63) is 89.1 Å². The van der Waals surface area contributed by atoms with E-state index in [1.54, 1.807) is 60.7 Å². The number of benzene rings is 3. The van der Waals surface area contributed by atoms with Crippen LogP contribution in [0, 0.1) is 0 Å². The van der Waals surface area contributed by atoms with Gasteiger partial charge in [-0.2, -0.15) is 0 Å². The fourth-order valence-corrected chi connectivity index (χ4v) is 3.51. The molecule has 1 aliphatic rings. The molecule has 33 heavy (non-hydrogen) atoms. The number of ether oxygens (including phenoxy) is 1. The highest BCUT2D eigenvalue weighted by molar-refractivity contribution is 6.53. The van der Waals surface area contributed by atoms with E-state index in [1.807, 2.05) is 0 Å². The number of hydrogen-bond acceptors (Lipinski definition) is 6. The number of amides is 3. The molecular formula is C24H18ClN3O5. The number of phenolic OH excluding ortho intramolecular Hbond substituents is 1. The van der Waals surface area contributed by atoms with E-state index < -0.39 is 17.7 Å². The van der Waals surface area contributed by atoms with Crippen LogP contribution in [0.1, 0.15) is 10.4 Å². The van der Waals surface area contributed by atoms with E-state index in [4.69, 9.17) is 16.3 Å². The predicted octanol–water partition coefficient (Wildman–Crippen LogP) is 4.09. The fraction of sp³-hybridized carbons (Fsp3) is 0.0417. The Morgan fingerprint density at radius 3 is 2.45 bits per heavy atom. The second-order valence-electron chi connectivity index (χ2n) is 6.98. The van der Waals surface area contributed by atoms with Crippen LogP contribution in [-0.4, -0.2) is 29.9 Å². The molecule has 8 nitrogen and oxygen atoms in total. The van der Waals surface area contributed by atoms with Crippen molar-refractivity contribution in [1.29, 1.82) is 0 Å². The summed E-state index contributed by atoms with van der Waals surface area (Å²) in [7, 11) is 1.43. The standard InChI is InChI=1S/C24H18ClN3O5/c1-33-19-12-5-3-10-17(19)28-23(31)20(25)21(24(28)32)26-15-8-6-7-14(13-15)22(30)27-16-9-2-4-11-18(16)29/h2-13,26,29H,1H3,(H,27,30). The van der Waals surface area contributed by atoms with Crippen LogP contribution >= 0.6 is 11.6 Å². The van der Waals surface area contributed by atoms with E-state index in [0.29, 0.717) is 11.4 Å². The number of carbonyl (C=O) groups excluding carboxylic acids is 3. The third-order valence-corrected chi connectivity index (χ3v) is 5.25. The molecule has 1 heterocycles. The average Bonchev–Trinajstić information content (AvgIpc) is 3.03. The Morgan fingerprint density at radius 2 is 1.70 bits per heavy atom. The molecule has 3 amide bonds. The number of imide groups is 1. The first-order valence-corrected chi connectivity index (χ1v) is 10.2. The number of carbonyl (C=O) groups is 3. The molecule has 9 heteroatoms. The lowest BCUT2D eigenvalue weighted by Crippen LogP contribution is -2.32.